The van der Waals surface area contributed by atoms with Crippen LogP contribution in [-0.2, 0) is 22.6 Å². The van der Waals surface area contributed by atoms with Crippen molar-refractivity contribution in [3.05, 3.63) is 106 Å². The number of imide groups is 1. The van der Waals surface area contributed by atoms with E-state index in [1.807, 2.05) is 61.5 Å². The van der Waals surface area contributed by atoms with Crippen molar-refractivity contribution in [3.8, 4) is 0 Å². The predicted molar refractivity (Wildman–Crippen MR) is 148 cm³/mol. The van der Waals surface area contributed by atoms with Gasteiger partial charge in [0, 0.05) is 36.9 Å². The number of nitrogens with one attached hydrogen (secondary N) is 1. The second kappa shape index (κ2) is 12.6. The first kappa shape index (κ1) is 27.3. The monoisotopic (exact) mass is 575 g/mol. The van der Waals surface area contributed by atoms with Crippen molar-refractivity contribution in [1.82, 2.24) is 15.1 Å². The van der Waals surface area contributed by atoms with Crippen LogP contribution in [0.25, 0.3) is 0 Å². The lowest BCUT2D eigenvalue weighted by Gasteiger charge is -2.31. The topological polar surface area (TPSA) is 86.8 Å². The Morgan fingerprint density at radius 1 is 0.895 bits per heavy atom. The molecule has 0 aromatic heterocycles. The van der Waals surface area contributed by atoms with Gasteiger partial charge in [0.05, 0.1) is 11.1 Å². The zero-order valence-corrected chi connectivity index (χ0v) is 22.8. The highest BCUT2D eigenvalue weighted by Gasteiger charge is 2.35. The zero-order chi connectivity index (χ0) is 27.1. The van der Waals surface area contributed by atoms with Crippen molar-refractivity contribution in [2.45, 2.75) is 38.8 Å². The van der Waals surface area contributed by atoms with Crippen LogP contribution in [0, 0.1) is 0 Å². The molecule has 1 aliphatic rings. The van der Waals surface area contributed by atoms with E-state index < -0.39 is 6.04 Å². The highest BCUT2D eigenvalue weighted by atomic mass is 79.9. The molecule has 4 rings (SSSR count). The molecule has 1 heterocycles. The third-order valence-corrected chi connectivity index (χ3v) is 7.01. The lowest BCUT2D eigenvalue weighted by Crippen LogP contribution is -2.50. The third kappa shape index (κ3) is 6.37. The summed E-state index contributed by atoms with van der Waals surface area (Å²) >= 11 is 3.48. The van der Waals surface area contributed by atoms with Crippen LogP contribution in [0.3, 0.4) is 0 Å². The Morgan fingerprint density at radius 2 is 1.53 bits per heavy atom. The smallest absolute Gasteiger partial charge is 0.261 e. The van der Waals surface area contributed by atoms with Gasteiger partial charge in [-0.2, -0.15) is 0 Å². The highest BCUT2D eigenvalue weighted by molar-refractivity contribution is 9.10. The molecule has 7 nitrogen and oxygen atoms in total. The summed E-state index contributed by atoms with van der Waals surface area (Å²) < 4.78 is 0.880. The maximum Gasteiger partial charge on any atom is 0.261 e. The van der Waals surface area contributed by atoms with Crippen LogP contribution in [0.4, 0.5) is 0 Å². The maximum atomic E-state index is 13.7. The highest BCUT2D eigenvalue weighted by Crippen LogP contribution is 2.23. The molecule has 38 heavy (non-hydrogen) atoms. The lowest BCUT2D eigenvalue weighted by atomic mass is 10.0. The van der Waals surface area contributed by atoms with E-state index in [1.165, 1.54) is 4.90 Å². The van der Waals surface area contributed by atoms with Crippen LogP contribution in [0.2, 0.25) is 0 Å². The molecule has 1 unspecified atom stereocenters. The molecule has 0 radical (unpaired) electrons. The Labute approximate surface area is 231 Å². The number of fused-ring (bicyclic) bond motifs is 1. The molecule has 0 saturated heterocycles. The van der Waals surface area contributed by atoms with Crippen LogP contribution in [-0.4, -0.2) is 52.6 Å². The average Bonchev–Trinajstić information content (AvgIpc) is 3.16. The van der Waals surface area contributed by atoms with Crippen molar-refractivity contribution in [2.75, 3.05) is 13.1 Å². The van der Waals surface area contributed by atoms with Gasteiger partial charge in [0.1, 0.15) is 6.04 Å². The molecule has 0 spiro atoms. The fourth-order valence-corrected chi connectivity index (χ4v) is 5.10. The fourth-order valence-electron chi connectivity index (χ4n) is 4.65. The largest absolute Gasteiger partial charge is 0.355 e. The van der Waals surface area contributed by atoms with Gasteiger partial charge in [-0.3, -0.25) is 24.1 Å². The number of hydrogen-bond donors (Lipinski definition) is 1. The van der Waals surface area contributed by atoms with Gasteiger partial charge in [-0.15, -0.1) is 0 Å². The van der Waals surface area contributed by atoms with Crippen molar-refractivity contribution in [3.63, 3.8) is 0 Å². The minimum Gasteiger partial charge on any atom is -0.355 e. The quantitative estimate of drug-likeness (QED) is 0.338. The van der Waals surface area contributed by atoms with E-state index in [-0.39, 0.29) is 43.1 Å². The minimum absolute atomic E-state index is 0.0894. The molecule has 0 bridgehead atoms. The van der Waals surface area contributed by atoms with E-state index in [0.717, 1.165) is 15.6 Å². The van der Waals surface area contributed by atoms with Crippen LogP contribution in [0.15, 0.2) is 83.3 Å². The molecular formula is C30H30BrN3O4. The third-order valence-electron chi connectivity index (χ3n) is 6.51. The van der Waals surface area contributed by atoms with Gasteiger partial charge < -0.3 is 10.2 Å². The standard InChI is InChI=1S/C30H30BrN3O4/c1-2-32-28(36)26(19-21-10-4-3-5-11-21)34(20-22-12-8-13-23(31)18-22)27(35)16-9-17-33-29(37)24-14-6-7-15-25(24)30(33)38/h3-8,10-15,18,26H,2,9,16-17,19-20H2,1H3,(H,32,36). The molecule has 3 aromatic carbocycles. The number of hydrogen-bond acceptors (Lipinski definition) is 4. The van der Waals surface area contributed by atoms with Crippen molar-refractivity contribution < 1.29 is 19.2 Å². The van der Waals surface area contributed by atoms with Crippen LogP contribution < -0.4 is 5.32 Å². The number of amides is 4. The fraction of sp³-hybridized carbons (Fsp3) is 0.267. The van der Waals surface area contributed by atoms with Gasteiger partial charge in [0.15, 0.2) is 0 Å². The Bertz CT molecular complexity index is 1290. The molecular weight excluding hydrogens is 546 g/mol. The summed E-state index contributed by atoms with van der Waals surface area (Å²) in [7, 11) is 0. The first-order valence-corrected chi connectivity index (χ1v) is 13.5. The minimum atomic E-state index is -0.719. The molecule has 0 fully saturated rings. The second-order valence-corrected chi connectivity index (χ2v) is 10.1. The molecule has 1 aliphatic heterocycles. The van der Waals surface area contributed by atoms with E-state index in [1.54, 1.807) is 29.2 Å². The van der Waals surface area contributed by atoms with Gasteiger partial charge in [0.2, 0.25) is 11.8 Å². The predicted octanol–water partition coefficient (Wildman–Crippen LogP) is 4.60. The van der Waals surface area contributed by atoms with Gasteiger partial charge in [-0.1, -0.05) is 70.5 Å². The second-order valence-electron chi connectivity index (χ2n) is 9.16. The molecule has 196 valence electrons. The molecule has 3 aromatic rings. The van der Waals surface area contributed by atoms with Crippen molar-refractivity contribution >= 4 is 39.6 Å². The molecule has 1 N–H and O–H groups in total. The van der Waals surface area contributed by atoms with E-state index in [2.05, 4.69) is 21.2 Å². The normalized spacial score (nSPS) is 13.3. The number of carbonyl (C=O) groups is 4. The van der Waals surface area contributed by atoms with Gasteiger partial charge in [-0.05, 0) is 48.7 Å². The zero-order valence-electron chi connectivity index (χ0n) is 21.2. The maximum absolute atomic E-state index is 13.7. The summed E-state index contributed by atoms with van der Waals surface area (Å²) in [5.74, 6) is -1.12. The van der Waals surface area contributed by atoms with Crippen molar-refractivity contribution in [2.24, 2.45) is 0 Å². The van der Waals surface area contributed by atoms with Gasteiger partial charge >= 0.3 is 0 Å². The van der Waals surface area contributed by atoms with Crippen LogP contribution >= 0.6 is 15.9 Å². The summed E-state index contributed by atoms with van der Waals surface area (Å²) in [5, 5.41) is 2.88. The Balaban J connectivity index is 1.53. The lowest BCUT2D eigenvalue weighted by molar-refractivity contribution is -0.141. The Kier molecular flexibility index (Phi) is 9.07. The Morgan fingerprint density at radius 3 is 2.16 bits per heavy atom. The number of nitrogens with zero attached hydrogens (tertiary/aromatic N) is 2. The van der Waals surface area contributed by atoms with E-state index in [4.69, 9.17) is 0 Å². The first-order chi connectivity index (χ1) is 18.4. The van der Waals surface area contributed by atoms with Crippen molar-refractivity contribution in [1.29, 1.82) is 0 Å². The summed E-state index contributed by atoms with van der Waals surface area (Å²) in [6.45, 7) is 2.68. The van der Waals surface area contributed by atoms with E-state index >= 15 is 0 Å². The molecule has 0 saturated carbocycles. The van der Waals surface area contributed by atoms with E-state index in [9.17, 15) is 19.2 Å². The number of rotatable bonds is 11. The molecule has 1 atom stereocenters. The summed E-state index contributed by atoms with van der Waals surface area (Å²) in [6, 6.07) is 23.3. The number of likely N-dealkylation sites (N-methyl/N-ethyl adjacent to an activating group) is 1. The van der Waals surface area contributed by atoms with Crippen LogP contribution in [0.1, 0.15) is 51.6 Å². The molecule has 4 amide bonds. The van der Waals surface area contributed by atoms with Gasteiger partial charge in [0.25, 0.3) is 11.8 Å². The van der Waals surface area contributed by atoms with Crippen LogP contribution in [0.5, 0.6) is 0 Å². The number of halogens is 1. The first-order valence-electron chi connectivity index (χ1n) is 12.7. The number of carbonyl (C=O) groups excluding carboxylic acids is 4. The van der Waals surface area contributed by atoms with E-state index in [0.29, 0.717) is 30.5 Å². The number of benzene rings is 3. The van der Waals surface area contributed by atoms with Gasteiger partial charge in [-0.25, -0.2) is 0 Å². The molecule has 0 aliphatic carbocycles. The SMILES string of the molecule is CCNC(=O)C(Cc1ccccc1)N(Cc1cccc(Br)c1)C(=O)CCCN1C(=O)c2ccccc2C1=O. The summed E-state index contributed by atoms with van der Waals surface area (Å²) in [4.78, 5) is 55.1. The summed E-state index contributed by atoms with van der Waals surface area (Å²) in [6.07, 6.45) is 0.754. The molecule has 8 heteroatoms. The average molecular weight is 576 g/mol. The summed E-state index contributed by atoms with van der Waals surface area (Å²) in [5.41, 5.74) is 2.61. The Hall–Kier alpha value is -3.78.